The first kappa shape index (κ1) is 20.4. The first-order valence-corrected chi connectivity index (χ1v) is 11.5. The van der Waals surface area contributed by atoms with Gasteiger partial charge in [-0.05, 0) is 62.6 Å². The van der Waals surface area contributed by atoms with Crippen molar-refractivity contribution >= 4 is 27.5 Å². The number of para-hydroxylation sites is 1. The number of sulfonamides is 1. The molecule has 0 unspecified atom stereocenters. The van der Waals surface area contributed by atoms with Gasteiger partial charge in [0.2, 0.25) is 5.91 Å². The topological polar surface area (TPSA) is 86.8 Å². The van der Waals surface area contributed by atoms with E-state index >= 15 is 0 Å². The molecule has 2 amide bonds. The molecule has 1 N–H and O–H groups in total. The van der Waals surface area contributed by atoms with Crippen molar-refractivity contribution in [3.05, 3.63) is 59.7 Å². The van der Waals surface area contributed by atoms with Crippen molar-refractivity contribution in [3.8, 4) is 0 Å². The number of anilines is 1. The second-order valence-corrected chi connectivity index (χ2v) is 9.97. The van der Waals surface area contributed by atoms with E-state index < -0.39 is 15.6 Å². The molecule has 2 aliphatic heterocycles. The molecule has 1 fully saturated rings. The summed E-state index contributed by atoms with van der Waals surface area (Å²) in [6.45, 7) is 4.63. The van der Waals surface area contributed by atoms with Gasteiger partial charge in [-0.3, -0.25) is 13.9 Å². The molecule has 8 heteroatoms. The van der Waals surface area contributed by atoms with Gasteiger partial charge in [-0.2, -0.15) is 0 Å². The maximum Gasteiger partial charge on any atom is 0.264 e. The van der Waals surface area contributed by atoms with Crippen LogP contribution in [0.2, 0.25) is 0 Å². The molecular weight excluding hydrogens is 402 g/mol. The van der Waals surface area contributed by atoms with E-state index in [1.807, 2.05) is 24.3 Å². The fourth-order valence-electron chi connectivity index (χ4n) is 4.06. The van der Waals surface area contributed by atoms with Crippen LogP contribution in [0.1, 0.15) is 36.2 Å². The van der Waals surface area contributed by atoms with Crippen LogP contribution in [0.4, 0.5) is 5.69 Å². The largest absolute Gasteiger partial charge is 0.352 e. The minimum absolute atomic E-state index is 0.145. The Hall–Kier alpha value is -2.87. The molecule has 2 aliphatic rings. The first-order chi connectivity index (χ1) is 14.2. The van der Waals surface area contributed by atoms with Crippen molar-refractivity contribution in [3.63, 3.8) is 0 Å². The molecule has 30 heavy (non-hydrogen) atoms. The van der Waals surface area contributed by atoms with Crippen molar-refractivity contribution < 1.29 is 18.0 Å². The number of hydrogen-bond donors (Lipinski definition) is 1. The zero-order valence-corrected chi connectivity index (χ0v) is 17.9. The molecule has 0 aromatic heterocycles. The lowest BCUT2D eigenvalue weighted by atomic mass is 9.97. The van der Waals surface area contributed by atoms with Crippen LogP contribution in [-0.4, -0.2) is 50.3 Å². The van der Waals surface area contributed by atoms with Crippen LogP contribution in [0, 0.1) is 0 Å². The van der Waals surface area contributed by atoms with Gasteiger partial charge in [0.05, 0.1) is 10.6 Å². The number of amides is 2. The number of fused-ring (bicyclic) bond motifs is 1. The maximum absolute atomic E-state index is 13.3. The van der Waals surface area contributed by atoms with Crippen LogP contribution >= 0.6 is 0 Å². The van der Waals surface area contributed by atoms with Gasteiger partial charge in [0.15, 0.2) is 0 Å². The first-order valence-electron chi connectivity index (χ1n) is 10.0. The summed E-state index contributed by atoms with van der Waals surface area (Å²) in [6, 6.07) is 13.5. The van der Waals surface area contributed by atoms with E-state index in [0.29, 0.717) is 30.9 Å². The number of rotatable bonds is 3. The minimum atomic E-state index is -3.73. The lowest BCUT2D eigenvalue weighted by molar-refractivity contribution is -0.133. The third kappa shape index (κ3) is 3.35. The van der Waals surface area contributed by atoms with E-state index in [9.17, 15) is 18.0 Å². The lowest BCUT2D eigenvalue weighted by Crippen LogP contribution is -2.63. The van der Waals surface area contributed by atoms with Crippen LogP contribution in [0.25, 0.3) is 0 Å². The molecule has 0 atom stereocenters. The summed E-state index contributed by atoms with van der Waals surface area (Å²) in [6.07, 6.45) is 1.62. The Morgan fingerprint density at radius 3 is 2.47 bits per heavy atom. The van der Waals surface area contributed by atoms with Crippen LogP contribution in [0.5, 0.6) is 0 Å². The molecule has 0 aliphatic carbocycles. The summed E-state index contributed by atoms with van der Waals surface area (Å²) in [5.41, 5.74) is 1.13. The highest BCUT2D eigenvalue weighted by Crippen LogP contribution is 2.32. The van der Waals surface area contributed by atoms with E-state index in [4.69, 9.17) is 0 Å². The molecule has 0 saturated carbocycles. The number of carbonyl (C=O) groups excluding carboxylic acids is 2. The highest BCUT2D eigenvalue weighted by Gasteiger charge is 2.40. The van der Waals surface area contributed by atoms with Crippen molar-refractivity contribution in [1.29, 1.82) is 0 Å². The average Bonchev–Trinajstić information content (AvgIpc) is 2.75. The quantitative estimate of drug-likeness (QED) is 0.813. The summed E-state index contributed by atoms with van der Waals surface area (Å²) in [7, 11) is -3.73. The Morgan fingerprint density at radius 2 is 1.73 bits per heavy atom. The lowest BCUT2D eigenvalue weighted by Gasteiger charge is -2.41. The van der Waals surface area contributed by atoms with Gasteiger partial charge in [-0.15, -0.1) is 0 Å². The number of carbonyl (C=O) groups is 2. The SMILES string of the molecule is CC1(C)C(=O)NCCN1C(=O)c1ccc(S(=O)(=O)N2CCCc3ccccc32)cc1. The Balaban J connectivity index is 1.61. The molecule has 0 bridgehead atoms. The van der Waals surface area contributed by atoms with Crippen molar-refractivity contribution in [1.82, 2.24) is 10.2 Å². The fraction of sp³-hybridized carbons (Fsp3) is 0.364. The molecule has 7 nitrogen and oxygen atoms in total. The highest BCUT2D eigenvalue weighted by atomic mass is 32.2. The standard InChI is InChI=1S/C22H25N3O4S/c1-22(2)21(27)23-13-15-24(22)20(26)17-9-11-18(12-10-17)30(28,29)25-14-5-7-16-6-3-4-8-19(16)25/h3-4,6,8-12H,5,7,13-15H2,1-2H3,(H,23,27). The molecule has 2 aromatic rings. The van der Waals surface area contributed by atoms with Crippen LogP contribution in [0.15, 0.2) is 53.4 Å². The van der Waals surface area contributed by atoms with Crippen LogP contribution in [-0.2, 0) is 21.2 Å². The monoisotopic (exact) mass is 427 g/mol. The van der Waals surface area contributed by atoms with Crippen molar-refractivity contribution in [2.24, 2.45) is 0 Å². The summed E-state index contributed by atoms with van der Waals surface area (Å²) in [5, 5.41) is 2.76. The molecule has 158 valence electrons. The fourth-order valence-corrected chi connectivity index (χ4v) is 5.60. The van der Waals surface area contributed by atoms with Crippen molar-refractivity contribution in [2.75, 3.05) is 23.9 Å². The number of piperazine rings is 1. The van der Waals surface area contributed by atoms with E-state index in [1.54, 1.807) is 13.8 Å². The predicted molar refractivity (Wildman–Crippen MR) is 114 cm³/mol. The van der Waals surface area contributed by atoms with Crippen LogP contribution in [0.3, 0.4) is 0 Å². The maximum atomic E-state index is 13.3. The van der Waals surface area contributed by atoms with Gasteiger partial charge < -0.3 is 10.2 Å². The molecule has 4 rings (SSSR count). The van der Waals surface area contributed by atoms with Gasteiger partial charge in [0.25, 0.3) is 15.9 Å². The van der Waals surface area contributed by atoms with Gasteiger partial charge >= 0.3 is 0 Å². The summed E-state index contributed by atoms with van der Waals surface area (Å²) < 4.78 is 28.0. The number of hydrogen-bond acceptors (Lipinski definition) is 4. The number of nitrogens with zero attached hydrogens (tertiary/aromatic N) is 2. The second-order valence-electron chi connectivity index (χ2n) is 8.11. The van der Waals surface area contributed by atoms with E-state index in [2.05, 4.69) is 5.32 Å². The molecule has 2 aromatic carbocycles. The average molecular weight is 428 g/mol. The third-order valence-electron chi connectivity index (χ3n) is 5.85. The molecule has 0 spiro atoms. The smallest absolute Gasteiger partial charge is 0.264 e. The molecule has 0 radical (unpaired) electrons. The van der Waals surface area contributed by atoms with Crippen LogP contribution < -0.4 is 9.62 Å². The second kappa shape index (κ2) is 7.43. The van der Waals surface area contributed by atoms with Gasteiger partial charge in [0.1, 0.15) is 5.54 Å². The number of benzene rings is 2. The summed E-state index contributed by atoms with van der Waals surface area (Å²) in [5.74, 6) is -0.493. The highest BCUT2D eigenvalue weighted by molar-refractivity contribution is 7.92. The summed E-state index contributed by atoms with van der Waals surface area (Å²) in [4.78, 5) is 26.8. The van der Waals surface area contributed by atoms with Gasteiger partial charge in [0, 0.05) is 25.2 Å². The Bertz CT molecular complexity index is 1090. The third-order valence-corrected chi connectivity index (χ3v) is 7.68. The molecule has 1 saturated heterocycles. The molecular formula is C22H25N3O4S. The van der Waals surface area contributed by atoms with Crippen molar-refractivity contribution in [2.45, 2.75) is 37.1 Å². The Kier molecular flexibility index (Phi) is 5.05. The molecule has 2 heterocycles. The van der Waals surface area contributed by atoms with E-state index in [-0.39, 0.29) is 16.7 Å². The normalized spacial score (nSPS) is 18.5. The van der Waals surface area contributed by atoms with E-state index in [0.717, 1.165) is 18.4 Å². The summed E-state index contributed by atoms with van der Waals surface area (Å²) >= 11 is 0. The minimum Gasteiger partial charge on any atom is -0.352 e. The van der Waals surface area contributed by atoms with E-state index in [1.165, 1.54) is 33.5 Å². The van der Waals surface area contributed by atoms with Gasteiger partial charge in [-0.1, -0.05) is 18.2 Å². The number of nitrogens with one attached hydrogen (secondary N) is 1. The Labute approximate surface area is 176 Å². The zero-order valence-electron chi connectivity index (χ0n) is 17.1. The zero-order chi connectivity index (χ0) is 21.5. The predicted octanol–water partition coefficient (Wildman–Crippen LogP) is 2.18. The Morgan fingerprint density at radius 1 is 1.03 bits per heavy atom. The number of aryl methyl sites for hydroxylation is 1. The van der Waals surface area contributed by atoms with Gasteiger partial charge in [-0.25, -0.2) is 8.42 Å².